The van der Waals surface area contributed by atoms with Gasteiger partial charge in [0.15, 0.2) is 0 Å². The van der Waals surface area contributed by atoms with Crippen molar-refractivity contribution in [2.24, 2.45) is 5.92 Å². The maximum absolute atomic E-state index is 3.38. The van der Waals surface area contributed by atoms with Crippen LogP contribution in [-0.4, -0.2) is 13.6 Å². The summed E-state index contributed by atoms with van der Waals surface area (Å²) < 4.78 is 0. The number of benzene rings is 1. The molecule has 0 aliphatic rings. The van der Waals surface area contributed by atoms with Gasteiger partial charge in [0.1, 0.15) is 0 Å². The lowest BCUT2D eigenvalue weighted by Gasteiger charge is -2.34. The Bertz CT molecular complexity index is 305. The topological polar surface area (TPSA) is 12.0 Å². The van der Waals surface area contributed by atoms with Gasteiger partial charge in [-0.3, -0.25) is 0 Å². The van der Waals surface area contributed by atoms with Gasteiger partial charge in [0, 0.05) is 12.0 Å². The summed E-state index contributed by atoms with van der Waals surface area (Å²) in [6, 6.07) is 11.0. The summed E-state index contributed by atoms with van der Waals surface area (Å²) in [5.41, 5.74) is 1.79. The van der Waals surface area contributed by atoms with Crippen LogP contribution in [-0.2, 0) is 5.41 Å². The van der Waals surface area contributed by atoms with Gasteiger partial charge in [0.2, 0.25) is 0 Å². The molecule has 1 unspecified atom stereocenters. The first-order chi connectivity index (χ1) is 8.14. The van der Waals surface area contributed by atoms with Crippen LogP contribution in [0, 0.1) is 5.92 Å². The third-order valence-corrected chi connectivity index (χ3v) is 3.78. The van der Waals surface area contributed by atoms with Crippen LogP contribution < -0.4 is 5.32 Å². The van der Waals surface area contributed by atoms with Gasteiger partial charge in [-0.25, -0.2) is 0 Å². The van der Waals surface area contributed by atoms with Gasteiger partial charge in [0.05, 0.1) is 0 Å². The molecular weight excluding hydrogens is 206 g/mol. The van der Waals surface area contributed by atoms with E-state index < -0.39 is 0 Å². The summed E-state index contributed by atoms with van der Waals surface area (Å²) in [6.07, 6.45) is 3.76. The molecule has 1 atom stereocenters. The van der Waals surface area contributed by atoms with Crippen molar-refractivity contribution in [3.8, 4) is 0 Å². The highest BCUT2D eigenvalue weighted by molar-refractivity contribution is 5.25. The maximum Gasteiger partial charge on any atom is 0.00751 e. The lowest BCUT2D eigenvalue weighted by atomic mass is 9.73. The summed E-state index contributed by atoms with van der Waals surface area (Å²) in [7, 11) is 2.06. The molecule has 0 fully saturated rings. The zero-order valence-corrected chi connectivity index (χ0v) is 11.8. The SMILES string of the molecule is CCC(CCC(C)C)(CNC)c1ccccc1. The van der Waals surface area contributed by atoms with Crippen molar-refractivity contribution in [2.75, 3.05) is 13.6 Å². The first-order valence-corrected chi connectivity index (χ1v) is 6.84. The van der Waals surface area contributed by atoms with E-state index in [0.717, 1.165) is 12.5 Å². The van der Waals surface area contributed by atoms with Gasteiger partial charge in [-0.2, -0.15) is 0 Å². The number of likely N-dealkylation sites (N-methyl/N-ethyl adjacent to an activating group) is 1. The van der Waals surface area contributed by atoms with Crippen LogP contribution in [0.5, 0.6) is 0 Å². The summed E-state index contributed by atoms with van der Waals surface area (Å²) in [6.45, 7) is 8.00. The van der Waals surface area contributed by atoms with E-state index in [1.54, 1.807) is 0 Å². The van der Waals surface area contributed by atoms with Gasteiger partial charge in [0.25, 0.3) is 0 Å². The van der Waals surface area contributed by atoms with Gasteiger partial charge in [-0.05, 0) is 31.4 Å². The minimum Gasteiger partial charge on any atom is -0.319 e. The zero-order chi connectivity index (χ0) is 12.7. The van der Waals surface area contributed by atoms with Gasteiger partial charge in [-0.1, -0.05) is 57.5 Å². The number of hydrogen-bond acceptors (Lipinski definition) is 1. The Hall–Kier alpha value is -0.820. The summed E-state index contributed by atoms with van der Waals surface area (Å²) in [4.78, 5) is 0. The van der Waals surface area contributed by atoms with Crippen LogP contribution in [0.1, 0.15) is 45.6 Å². The fourth-order valence-electron chi connectivity index (χ4n) is 2.54. The fourth-order valence-corrected chi connectivity index (χ4v) is 2.54. The number of nitrogens with one attached hydrogen (secondary N) is 1. The summed E-state index contributed by atoms with van der Waals surface area (Å²) in [5.74, 6) is 0.779. The van der Waals surface area contributed by atoms with Crippen LogP contribution in [0.25, 0.3) is 0 Å². The second-order valence-electron chi connectivity index (χ2n) is 5.46. The number of rotatable bonds is 7. The fraction of sp³-hybridized carbons (Fsp3) is 0.625. The molecule has 1 nitrogen and oxygen atoms in total. The van der Waals surface area contributed by atoms with Crippen molar-refractivity contribution in [1.82, 2.24) is 5.32 Å². The Balaban J connectivity index is 2.91. The second kappa shape index (κ2) is 6.80. The van der Waals surface area contributed by atoms with Crippen molar-refractivity contribution >= 4 is 0 Å². The van der Waals surface area contributed by atoms with Crippen molar-refractivity contribution in [3.63, 3.8) is 0 Å². The van der Waals surface area contributed by atoms with Crippen molar-refractivity contribution in [3.05, 3.63) is 35.9 Å². The molecule has 0 amide bonds. The predicted octanol–water partition coefficient (Wildman–Crippen LogP) is 3.99. The van der Waals surface area contributed by atoms with Crippen LogP contribution in [0.15, 0.2) is 30.3 Å². The van der Waals surface area contributed by atoms with Crippen LogP contribution in [0.2, 0.25) is 0 Å². The van der Waals surface area contributed by atoms with Crippen LogP contribution in [0.3, 0.4) is 0 Å². The largest absolute Gasteiger partial charge is 0.319 e. The molecule has 1 heteroatoms. The van der Waals surface area contributed by atoms with Crippen molar-refractivity contribution in [1.29, 1.82) is 0 Å². The Morgan fingerprint density at radius 1 is 1.18 bits per heavy atom. The first-order valence-electron chi connectivity index (χ1n) is 6.84. The monoisotopic (exact) mass is 233 g/mol. The molecule has 0 aliphatic heterocycles. The molecular formula is C16H27N. The predicted molar refractivity (Wildman–Crippen MR) is 76.4 cm³/mol. The van der Waals surface area contributed by atoms with E-state index in [9.17, 15) is 0 Å². The van der Waals surface area contributed by atoms with Crippen LogP contribution in [0.4, 0.5) is 0 Å². The Kier molecular flexibility index (Phi) is 5.70. The standard InChI is InChI=1S/C16H27N/c1-5-16(13-17-4,12-11-14(2)3)15-9-7-6-8-10-15/h6-10,14,17H,5,11-13H2,1-4H3. The third kappa shape index (κ3) is 3.85. The highest BCUT2D eigenvalue weighted by atomic mass is 14.8. The smallest absolute Gasteiger partial charge is 0.00751 e. The lowest BCUT2D eigenvalue weighted by molar-refractivity contribution is 0.333. The molecule has 96 valence electrons. The Labute approximate surface area is 107 Å². The van der Waals surface area contributed by atoms with E-state index in [2.05, 4.69) is 63.5 Å². The Morgan fingerprint density at radius 3 is 2.29 bits per heavy atom. The molecule has 0 spiro atoms. The summed E-state index contributed by atoms with van der Waals surface area (Å²) in [5, 5.41) is 3.38. The highest BCUT2D eigenvalue weighted by Gasteiger charge is 2.29. The molecule has 1 aromatic rings. The second-order valence-corrected chi connectivity index (χ2v) is 5.46. The van der Waals surface area contributed by atoms with E-state index in [1.165, 1.54) is 24.8 Å². The minimum absolute atomic E-state index is 0.306. The molecule has 0 heterocycles. The van der Waals surface area contributed by atoms with Crippen LogP contribution >= 0.6 is 0 Å². The van der Waals surface area contributed by atoms with Gasteiger partial charge >= 0.3 is 0 Å². The van der Waals surface area contributed by atoms with Crippen molar-refractivity contribution < 1.29 is 0 Å². The molecule has 0 bridgehead atoms. The maximum atomic E-state index is 3.38. The Morgan fingerprint density at radius 2 is 1.82 bits per heavy atom. The van der Waals surface area contributed by atoms with E-state index in [4.69, 9.17) is 0 Å². The van der Waals surface area contributed by atoms with Crippen molar-refractivity contribution in [2.45, 2.75) is 45.4 Å². The highest BCUT2D eigenvalue weighted by Crippen LogP contribution is 2.33. The molecule has 1 N–H and O–H groups in total. The first kappa shape index (κ1) is 14.2. The average Bonchev–Trinajstić information content (AvgIpc) is 2.35. The molecule has 17 heavy (non-hydrogen) atoms. The molecule has 1 rings (SSSR count). The number of hydrogen-bond donors (Lipinski definition) is 1. The summed E-state index contributed by atoms with van der Waals surface area (Å²) >= 11 is 0. The van der Waals surface area contributed by atoms with Gasteiger partial charge < -0.3 is 5.32 Å². The third-order valence-electron chi connectivity index (χ3n) is 3.78. The lowest BCUT2D eigenvalue weighted by Crippen LogP contribution is -2.36. The van der Waals surface area contributed by atoms with Gasteiger partial charge in [-0.15, -0.1) is 0 Å². The molecule has 1 aromatic carbocycles. The normalized spacial score (nSPS) is 14.9. The van der Waals surface area contributed by atoms with E-state index in [1.807, 2.05) is 0 Å². The van der Waals surface area contributed by atoms with E-state index in [0.29, 0.717) is 5.41 Å². The van der Waals surface area contributed by atoms with E-state index >= 15 is 0 Å². The molecule has 0 saturated carbocycles. The van der Waals surface area contributed by atoms with E-state index in [-0.39, 0.29) is 0 Å². The average molecular weight is 233 g/mol. The molecule has 0 aliphatic carbocycles. The zero-order valence-electron chi connectivity index (χ0n) is 11.8. The molecule has 0 aromatic heterocycles. The molecule has 0 radical (unpaired) electrons. The minimum atomic E-state index is 0.306. The molecule has 0 saturated heterocycles. The quantitative estimate of drug-likeness (QED) is 0.751.